The quantitative estimate of drug-likeness (QED) is 0.570. The molecule has 104 valence electrons. The highest BCUT2D eigenvalue weighted by molar-refractivity contribution is 6.22. The van der Waals surface area contributed by atoms with Gasteiger partial charge in [-0.15, -0.1) is 0 Å². The molecular weight excluding hydrogens is 266 g/mol. The van der Waals surface area contributed by atoms with Crippen LogP contribution in [0.3, 0.4) is 0 Å². The van der Waals surface area contributed by atoms with Crippen molar-refractivity contribution in [2.45, 2.75) is 18.9 Å². The zero-order valence-corrected chi connectivity index (χ0v) is 10.2. The number of carboxylic acids is 2. The molecule has 0 saturated carbocycles. The molecule has 0 fully saturated rings. The van der Waals surface area contributed by atoms with Crippen molar-refractivity contribution in [1.29, 1.82) is 0 Å². The van der Waals surface area contributed by atoms with E-state index < -0.39 is 42.6 Å². The van der Waals surface area contributed by atoms with E-state index in [0.717, 1.165) is 0 Å². The van der Waals surface area contributed by atoms with E-state index in [9.17, 15) is 29.4 Å². The summed E-state index contributed by atoms with van der Waals surface area (Å²) in [6, 6.07) is 4.27. The molecule has 0 saturated heterocycles. The molecule has 0 spiro atoms. The van der Waals surface area contributed by atoms with Crippen LogP contribution in [0.2, 0.25) is 0 Å². The third-order valence-corrected chi connectivity index (χ3v) is 3.03. The van der Waals surface area contributed by atoms with Crippen LogP contribution in [0.5, 0.6) is 0 Å². The second-order valence-corrected chi connectivity index (χ2v) is 4.27. The molecule has 1 aromatic rings. The number of carbonyl (C=O) groups is 4. The highest BCUT2D eigenvalue weighted by Gasteiger charge is 2.39. The Bertz CT molecular complexity index is 574. The standard InChI is InChI=1S/C13H11NO6/c15-10(16)6-5-9(13(19)20)14-11(17)7-3-1-2-4-8(7)12(14)18/h1-4,9H,5-6H2,(H,15,16)(H,19,20)/p-2/t9-/m1/s1. The molecular formula is C13H9NO6-2. The van der Waals surface area contributed by atoms with E-state index in [-0.39, 0.29) is 11.1 Å². The number of carboxylic acid groups (broad SMARTS) is 2. The summed E-state index contributed by atoms with van der Waals surface area (Å²) in [6.07, 6.45) is -1.04. The van der Waals surface area contributed by atoms with Gasteiger partial charge in [0.1, 0.15) is 0 Å². The first kappa shape index (κ1) is 13.7. The van der Waals surface area contributed by atoms with Gasteiger partial charge in [-0.05, 0) is 25.0 Å². The predicted octanol–water partition coefficient (Wildman–Crippen LogP) is -2.07. The van der Waals surface area contributed by atoms with Crippen LogP contribution in [0.15, 0.2) is 24.3 Å². The summed E-state index contributed by atoms with van der Waals surface area (Å²) in [5.41, 5.74) is 0.189. The fourth-order valence-electron chi connectivity index (χ4n) is 2.10. The molecule has 20 heavy (non-hydrogen) atoms. The average molecular weight is 275 g/mol. The van der Waals surface area contributed by atoms with Crippen LogP contribution in [0.4, 0.5) is 0 Å². The average Bonchev–Trinajstić information content (AvgIpc) is 2.64. The molecule has 0 aliphatic carbocycles. The lowest BCUT2D eigenvalue weighted by Gasteiger charge is -2.27. The van der Waals surface area contributed by atoms with Crippen molar-refractivity contribution >= 4 is 23.8 Å². The van der Waals surface area contributed by atoms with Crippen molar-refractivity contribution in [2.24, 2.45) is 0 Å². The second kappa shape index (κ2) is 5.12. The van der Waals surface area contributed by atoms with Crippen molar-refractivity contribution in [3.8, 4) is 0 Å². The summed E-state index contributed by atoms with van der Waals surface area (Å²) in [4.78, 5) is 46.1. The van der Waals surface area contributed by atoms with Crippen molar-refractivity contribution in [2.75, 3.05) is 0 Å². The smallest absolute Gasteiger partial charge is 0.262 e. The summed E-state index contributed by atoms with van der Waals surface area (Å²) in [5.74, 6) is -4.68. The lowest BCUT2D eigenvalue weighted by molar-refractivity contribution is -0.311. The molecule has 0 bridgehead atoms. The van der Waals surface area contributed by atoms with E-state index in [2.05, 4.69) is 0 Å². The van der Waals surface area contributed by atoms with Crippen LogP contribution in [-0.4, -0.2) is 34.7 Å². The molecule has 0 radical (unpaired) electrons. The molecule has 7 heteroatoms. The Morgan fingerprint density at radius 1 is 1.05 bits per heavy atom. The maximum absolute atomic E-state index is 12.0. The number of carbonyl (C=O) groups excluding carboxylic acids is 4. The van der Waals surface area contributed by atoms with Gasteiger partial charge in [0.15, 0.2) is 0 Å². The highest BCUT2D eigenvalue weighted by atomic mass is 16.4. The number of amides is 2. The summed E-state index contributed by atoms with van der Waals surface area (Å²) < 4.78 is 0. The first-order valence-corrected chi connectivity index (χ1v) is 5.81. The Balaban J connectivity index is 2.32. The van der Waals surface area contributed by atoms with Crippen molar-refractivity contribution < 1.29 is 29.4 Å². The molecule has 7 nitrogen and oxygen atoms in total. The maximum atomic E-state index is 12.0. The number of hydrogen-bond donors (Lipinski definition) is 0. The summed E-state index contributed by atoms with van der Waals surface area (Å²) in [6.45, 7) is 0. The molecule has 1 atom stereocenters. The van der Waals surface area contributed by atoms with E-state index in [1.807, 2.05) is 0 Å². The van der Waals surface area contributed by atoms with Crippen LogP contribution in [-0.2, 0) is 9.59 Å². The van der Waals surface area contributed by atoms with Gasteiger partial charge in [-0.2, -0.15) is 0 Å². The Morgan fingerprint density at radius 2 is 1.55 bits per heavy atom. The van der Waals surface area contributed by atoms with Gasteiger partial charge >= 0.3 is 0 Å². The largest absolute Gasteiger partial charge is 0.550 e. The number of rotatable bonds is 5. The van der Waals surface area contributed by atoms with Crippen LogP contribution in [0, 0.1) is 0 Å². The Labute approximate surface area is 113 Å². The Kier molecular flexibility index (Phi) is 3.51. The number of fused-ring (bicyclic) bond motifs is 1. The van der Waals surface area contributed by atoms with Gasteiger partial charge in [-0.1, -0.05) is 12.1 Å². The topological polar surface area (TPSA) is 118 Å². The molecule has 0 aromatic heterocycles. The summed E-state index contributed by atoms with van der Waals surface area (Å²) >= 11 is 0. The second-order valence-electron chi connectivity index (χ2n) is 4.27. The Morgan fingerprint density at radius 3 is 1.95 bits per heavy atom. The van der Waals surface area contributed by atoms with Gasteiger partial charge in [0.25, 0.3) is 11.8 Å². The van der Waals surface area contributed by atoms with Gasteiger partial charge in [-0.25, -0.2) is 0 Å². The number of imide groups is 1. The first-order chi connectivity index (χ1) is 9.43. The normalized spacial score (nSPS) is 15.1. The molecule has 1 aliphatic heterocycles. The third kappa shape index (κ3) is 2.25. The molecule has 2 rings (SSSR count). The van der Waals surface area contributed by atoms with E-state index in [4.69, 9.17) is 0 Å². The lowest BCUT2D eigenvalue weighted by Crippen LogP contribution is -2.51. The molecule has 1 aromatic carbocycles. The monoisotopic (exact) mass is 275 g/mol. The minimum Gasteiger partial charge on any atom is -0.550 e. The van der Waals surface area contributed by atoms with Gasteiger partial charge in [-0.3, -0.25) is 14.5 Å². The van der Waals surface area contributed by atoms with Gasteiger partial charge in [0.05, 0.1) is 23.1 Å². The van der Waals surface area contributed by atoms with Gasteiger partial charge in [0.2, 0.25) is 0 Å². The van der Waals surface area contributed by atoms with E-state index in [0.29, 0.717) is 4.90 Å². The van der Waals surface area contributed by atoms with Crippen molar-refractivity contribution in [1.82, 2.24) is 4.90 Å². The molecule has 1 heterocycles. The fraction of sp³-hybridized carbons (Fsp3) is 0.231. The maximum Gasteiger partial charge on any atom is 0.262 e. The van der Waals surface area contributed by atoms with E-state index in [1.165, 1.54) is 12.1 Å². The first-order valence-electron chi connectivity index (χ1n) is 5.81. The van der Waals surface area contributed by atoms with E-state index >= 15 is 0 Å². The molecule has 0 N–H and O–H groups in total. The van der Waals surface area contributed by atoms with Crippen LogP contribution in [0.1, 0.15) is 33.6 Å². The van der Waals surface area contributed by atoms with Crippen molar-refractivity contribution in [3.05, 3.63) is 35.4 Å². The van der Waals surface area contributed by atoms with Crippen molar-refractivity contribution in [3.63, 3.8) is 0 Å². The van der Waals surface area contributed by atoms with Crippen LogP contribution < -0.4 is 10.2 Å². The van der Waals surface area contributed by atoms with Crippen LogP contribution in [0.25, 0.3) is 0 Å². The highest BCUT2D eigenvalue weighted by Crippen LogP contribution is 2.25. The summed E-state index contributed by atoms with van der Waals surface area (Å²) in [5, 5.41) is 21.5. The minimum absolute atomic E-state index is 0.0946. The lowest BCUT2D eigenvalue weighted by atomic mass is 10.1. The fourth-order valence-corrected chi connectivity index (χ4v) is 2.10. The van der Waals surface area contributed by atoms with Crippen LogP contribution >= 0.6 is 0 Å². The van der Waals surface area contributed by atoms with Gasteiger partial charge in [0, 0.05) is 5.97 Å². The SMILES string of the molecule is O=C([O-])CC[C@H](C(=O)[O-])N1C(=O)c2ccccc2C1=O. The Hall–Kier alpha value is -2.70. The molecule has 1 aliphatic rings. The number of nitrogens with zero attached hydrogens (tertiary/aromatic N) is 1. The van der Waals surface area contributed by atoms with E-state index in [1.54, 1.807) is 12.1 Å². The number of hydrogen-bond acceptors (Lipinski definition) is 6. The zero-order valence-electron chi connectivity index (χ0n) is 10.2. The summed E-state index contributed by atoms with van der Waals surface area (Å²) in [7, 11) is 0. The minimum atomic E-state index is -1.68. The zero-order chi connectivity index (χ0) is 14.9. The number of benzene rings is 1. The molecule has 0 unspecified atom stereocenters. The third-order valence-electron chi connectivity index (χ3n) is 3.03. The number of aliphatic carboxylic acids is 2. The predicted molar refractivity (Wildman–Crippen MR) is 60.0 cm³/mol. The molecule has 2 amide bonds. The van der Waals surface area contributed by atoms with Gasteiger partial charge < -0.3 is 19.8 Å².